The molecule has 1 aliphatic rings. The molecule has 0 N–H and O–H groups in total. The summed E-state index contributed by atoms with van der Waals surface area (Å²) in [7, 11) is 4.24. The van der Waals surface area contributed by atoms with E-state index in [-0.39, 0.29) is 6.85 Å². The molecule has 3 heterocycles. The lowest BCUT2D eigenvalue weighted by Crippen LogP contribution is -2.62. The van der Waals surface area contributed by atoms with Crippen LogP contribution in [0.2, 0.25) is 0 Å². The third-order valence-corrected chi connectivity index (χ3v) is 5.73. The lowest BCUT2D eigenvalue weighted by molar-refractivity contribution is -0.654. The van der Waals surface area contributed by atoms with Crippen LogP contribution in [0.5, 0.6) is 0 Å². The zero-order chi connectivity index (χ0) is 19.3. The summed E-state index contributed by atoms with van der Waals surface area (Å²) in [6, 6.07) is 23.3. The fraction of sp³-hybridized carbons (Fsp3) is 0.125. The Hall–Kier alpha value is -3.27. The van der Waals surface area contributed by atoms with Crippen LogP contribution < -0.4 is 20.8 Å². The van der Waals surface area contributed by atoms with Gasteiger partial charge in [0.2, 0.25) is 0 Å². The van der Waals surface area contributed by atoms with Gasteiger partial charge in [-0.05, 0) is 31.2 Å². The first-order chi connectivity index (χ1) is 13.6. The van der Waals surface area contributed by atoms with Crippen LogP contribution in [0.1, 0.15) is 6.92 Å². The van der Waals surface area contributed by atoms with Gasteiger partial charge in [0.05, 0.1) is 0 Å². The number of para-hydroxylation sites is 1. The lowest BCUT2D eigenvalue weighted by Gasteiger charge is -2.24. The maximum Gasteiger partial charge on any atom is 0.399 e. The average molecular weight is 365 g/mol. The summed E-state index contributed by atoms with van der Waals surface area (Å²) in [5.74, 6) is 0. The molecule has 0 fully saturated rings. The highest BCUT2D eigenvalue weighted by Crippen LogP contribution is 2.18. The molecule has 0 atom stereocenters. The van der Waals surface area contributed by atoms with Crippen LogP contribution in [0, 0.1) is 0 Å². The third kappa shape index (κ3) is 2.56. The normalized spacial score (nSPS) is 13.6. The Morgan fingerprint density at radius 2 is 1.68 bits per heavy atom. The molecular formula is C24H22BN2O+. The molecule has 0 saturated carbocycles. The Morgan fingerprint density at radius 1 is 0.929 bits per heavy atom. The van der Waals surface area contributed by atoms with Crippen molar-refractivity contribution in [1.29, 1.82) is 0 Å². The molecule has 0 amide bonds. The Balaban J connectivity index is 1.74. The number of aromatic nitrogens is 1. The molecule has 0 spiro atoms. The molecule has 3 nitrogen and oxygen atoms in total. The topological polar surface area (TPSA) is 20.3 Å². The number of benzene rings is 2. The minimum absolute atomic E-state index is 0.155. The van der Waals surface area contributed by atoms with Crippen LogP contribution in [0.15, 0.2) is 77.3 Å². The lowest BCUT2D eigenvalue weighted by atomic mass is 9.50. The number of rotatable bonds is 2. The van der Waals surface area contributed by atoms with E-state index in [1.54, 1.807) is 0 Å². The van der Waals surface area contributed by atoms with Crippen molar-refractivity contribution < 1.29 is 8.98 Å². The molecule has 0 radical (unpaired) electrons. The summed E-state index contributed by atoms with van der Waals surface area (Å²) in [5.41, 5.74) is 6.93. The number of hydrogen-bond donors (Lipinski definition) is 0. The maximum atomic E-state index is 6.11. The van der Waals surface area contributed by atoms with Crippen LogP contribution >= 0.6 is 0 Å². The first kappa shape index (κ1) is 16.9. The first-order valence-corrected chi connectivity index (χ1v) is 9.60. The second-order valence-electron chi connectivity index (χ2n) is 7.53. The standard InChI is InChI=1S/C24H22BN2O/c1-17-24-20-11-7-8-12-21(20)28-22(24)16-27(3)25(17)23-15-19(13-14-26(23)2)18-9-5-4-6-10-18/h4-16H,1-3H3/q+1. The van der Waals surface area contributed by atoms with Crippen molar-refractivity contribution in [3.63, 3.8) is 0 Å². The van der Waals surface area contributed by atoms with Crippen LogP contribution in [-0.4, -0.2) is 18.7 Å². The van der Waals surface area contributed by atoms with Gasteiger partial charge in [-0.15, -0.1) is 0 Å². The molecule has 1 aliphatic heterocycles. The number of furan rings is 1. The van der Waals surface area contributed by atoms with Crippen LogP contribution in [-0.2, 0) is 7.05 Å². The van der Waals surface area contributed by atoms with E-state index in [0.717, 1.165) is 11.0 Å². The quantitative estimate of drug-likeness (QED) is 0.401. The van der Waals surface area contributed by atoms with Crippen LogP contribution in [0.4, 0.5) is 0 Å². The van der Waals surface area contributed by atoms with Crippen molar-refractivity contribution in [2.24, 2.45) is 7.05 Å². The minimum atomic E-state index is 0.155. The minimum Gasteiger partial charge on any atom is -0.455 e. The van der Waals surface area contributed by atoms with Gasteiger partial charge < -0.3 is 9.23 Å². The van der Waals surface area contributed by atoms with Gasteiger partial charge in [0.1, 0.15) is 18.0 Å². The van der Waals surface area contributed by atoms with E-state index >= 15 is 0 Å². The van der Waals surface area contributed by atoms with E-state index in [1.807, 2.05) is 12.1 Å². The molecule has 0 bridgehead atoms. The van der Waals surface area contributed by atoms with Crippen molar-refractivity contribution in [1.82, 2.24) is 4.81 Å². The summed E-state index contributed by atoms with van der Waals surface area (Å²) in [4.78, 5) is 2.25. The SMILES string of the molecule is CC1=c2c(oc3ccccc23)=CN(C)B1c1cc(-c2ccccc2)cc[n+]1C. The maximum absolute atomic E-state index is 6.11. The van der Waals surface area contributed by atoms with Gasteiger partial charge in [0.15, 0.2) is 11.8 Å². The van der Waals surface area contributed by atoms with E-state index in [4.69, 9.17) is 4.42 Å². The van der Waals surface area contributed by atoms with Crippen molar-refractivity contribution in [3.8, 4) is 11.1 Å². The summed E-state index contributed by atoms with van der Waals surface area (Å²) in [6.07, 6.45) is 4.28. The van der Waals surface area contributed by atoms with Gasteiger partial charge in [-0.3, -0.25) is 0 Å². The molecule has 2 aromatic heterocycles. The van der Waals surface area contributed by atoms with E-state index in [2.05, 4.69) is 97.4 Å². The average Bonchev–Trinajstić information content (AvgIpc) is 3.08. The molecule has 0 saturated heterocycles. The molecule has 0 unspecified atom stereocenters. The van der Waals surface area contributed by atoms with Gasteiger partial charge in [-0.2, -0.15) is 0 Å². The number of hydrogen-bond acceptors (Lipinski definition) is 2. The molecule has 4 heteroatoms. The monoisotopic (exact) mass is 365 g/mol. The summed E-state index contributed by atoms with van der Waals surface area (Å²) >= 11 is 0. The van der Waals surface area contributed by atoms with E-state index < -0.39 is 0 Å². The van der Waals surface area contributed by atoms with E-state index in [9.17, 15) is 0 Å². The van der Waals surface area contributed by atoms with Gasteiger partial charge in [-0.25, -0.2) is 4.57 Å². The molecule has 0 aliphatic carbocycles. The summed E-state index contributed by atoms with van der Waals surface area (Å²) in [5, 5.41) is 2.41. The Bertz CT molecular complexity index is 1310. The number of aryl methyl sites for hydroxylation is 1. The van der Waals surface area contributed by atoms with E-state index in [0.29, 0.717) is 0 Å². The fourth-order valence-corrected chi connectivity index (χ4v) is 4.36. The molecule has 5 rings (SSSR count). The third-order valence-electron chi connectivity index (χ3n) is 5.73. The second kappa shape index (κ2) is 6.41. The Morgan fingerprint density at radius 3 is 2.50 bits per heavy atom. The number of fused-ring (bicyclic) bond motifs is 3. The number of pyridine rings is 1. The zero-order valence-electron chi connectivity index (χ0n) is 16.4. The van der Waals surface area contributed by atoms with Crippen LogP contribution in [0.25, 0.3) is 33.8 Å². The van der Waals surface area contributed by atoms with Gasteiger partial charge in [0.25, 0.3) is 0 Å². The predicted molar refractivity (Wildman–Crippen MR) is 115 cm³/mol. The fourth-order valence-electron chi connectivity index (χ4n) is 4.36. The molecular weight excluding hydrogens is 343 g/mol. The molecule has 28 heavy (non-hydrogen) atoms. The predicted octanol–water partition coefficient (Wildman–Crippen LogP) is 2.22. The van der Waals surface area contributed by atoms with Crippen molar-refractivity contribution in [2.45, 2.75) is 6.92 Å². The number of nitrogens with zero attached hydrogens (tertiary/aromatic N) is 2. The van der Waals surface area contributed by atoms with Gasteiger partial charge in [-0.1, -0.05) is 54.0 Å². The smallest absolute Gasteiger partial charge is 0.399 e. The van der Waals surface area contributed by atoms with Crippen molar-refractivity contribution in [2.75, 3.05) is 7.05 Å². The highest BCUT2D eigenvalue weighted by Gasteiger charge is 2.35. The van der Waals surface area contributed by atoms with Gasteiger partial charge in [0, 0.05) is 28.9 Å². The summed E-state index contributed by atoms with van der Waals surface area (Å²) in [6.45, 7) is 2.38. The van der Waals surface area contributed by atoms with Crippen molar-refractivity contribution >= 4 is 35.1 Å². The summed E-state index contributed by atoms with van der Waals surface area (Å²) < 4.78 is 8.33. The van der Waals surface area contributed by atoms with E-state index in [1.165, 1.54) is 32.8 Å². The zero-order valence-corrected chi connectivity index (χ0v) is 16.4. The Kier molecular flexibility index (Phi) is 3.87. The van der Waals surface area contributed by atoms with Crippen LogP contribution in [0.3, 0.4) is 0 Å². The molecule has 2 aromatic carbocycles. The second-order valence-corrected chi connectivity index (χ2v) is 7.53. The first-order valence-electron chi connectivity index (χ1n) is 9.60. The molecule has 4 aromatic rings. The highest BCUT2D eigenvalue weighted by molar-refractivity contribution is 6.85. The molecule has 136 valence electrons. The Labute approximate surface area is 164 Å². The highest BCUT2D eigenvalue weighted by atomic mass is 16.3. The van der Waals surface area contributed by atoms with Crippen molar-refractivity contribution in [3.05, 3.63) is 83.6 Å². The van der Waals surface area contributed by atoms with Gasteiger partial charge >= 0.3 is 6.85 Å². The largest absolute Gasteiger partial charge is 0.455 e.